The van der Waals surface area contributed by atoms with Crippen LogP contribution in [-0.2, 0) is 0 Å². The Kier molecular flexibility index (Phi) is 3.98. The maximum atomic E-state index is 6.21. The molecule has 18 heavy (non-hydrogen) atoms. The van der Waals surface area contributed by atoms with Crippen molar-refractivity contribution in [1.82, 2.24) is 0 Å². The van der Waals surface area contributed by atoms with E-state index >= 15 is 0 Å². The number of aryl methyl sites for hydroxylation is 1. The molecule has 0 aromatic heterocycles. The van der Waals surface area contributed by atoms with Gasteiger partial charge < -0.3 is 5.73 Å². The molecule has 0 aliphatic carbocycles. The van der Waals surface area contributed by atoms with Gasteiger partial charge in [-0.25, -0.2) is 0 Å². The van der Waals surface area contributed by atoms with Crippen molar-refractivity contribution in [1.29, 1.82) is 0 Å². The summed E-state index contributed by atoms with van der Waals surface area (Å²) in [7, 11) is 0. The van der Waals surface area contributed by atoms with E-state index in [0.29, 0.717) is 31.3 Å². The van der Waals surface area contributed by atoms with Gasteiger partial charge in [-0.15, -0.1) is 0 Å². The average Bonchev–Trinajstić information content (AvgIpc) is 2.29. The van der Waals surface area contributed by atoms with Crippen molar-refractivity contribution in [2.45, 2.75) is 6.92 Å². The molecule has 0 aliphatic rings. The van der Waals surface area contributed by atoms with Crippen LogP contribution in [0.5, 0.6) is 0 Å². The van der Waals surface area contributed by atoms with Crippen molar-refractivity contribution in [2.75, 3.05) is 5.73 Å². The summed E-state index contributed by atoms with van der Waals surface area (Å²) in [6, 6.07) is 6.85. The fraction of sp³-hybridized carbons (Fsp3) is 0.0769. The van der Waals surface area contributed by atoms with Crippen LogP contribution in [0.4, 0.5) is 5.69 Å². The summed E-state index contributed by atoms with van der Waals surface area (Å²) >= 11 is 24.5. The number of hydrogen-bond acceptors (Lipinski definition) is 1. The number of nitrogens with two attached hydrogens (primary N) is 1. The zero-order chi connectivity index (χ0) is 13.4. The van der Waals surface area contributed by atoms with Crippen LogP contribution in [0.1, 0.15) is 5.56 Å². The molecule has 0 heterocycles. The Bertz CT molecular complexity index is 567. The fourth-order valence-corrected chi connectivity index (χ4v) is 2.54. The summed E-state index contributed by atoms with van der Waals surface area (Å²) in [5.74, 6) is 0. The third-order valence-electron chi connectivity index (χ3n) is 2.62. The summed E-state index contributed by atoms with van der Waals surface area (Å²) in [6.07, 6.45) is 0. The van der Waals surface area contributed by atoms with E-state index in [1.165, 1.54) is 0 Å². The predicted molar refractivity (Wildman–Crippen MR) is 81.1 cm³/mol. The Morgan fingerprint density at radius 2 is 1.22 bits per heavy atom. The second kappa shape index (κ2) is 5.18. The number of halogens is 4. The highest BCUT2D eigenvalue weighted by Crippen LogP contribution is 2.39. The van der Waals surface area contributed by atoms with E-state index in [1.807, 2.05) is 6.92 Å². The first-order valence-corrected chi connectivity index (χ1v) is 6.62. The predicted octanol–water partition coefficient (Wildman–Crippen LogP) is 5.86. The average molecular weight is 321 g/mol. The zero-order valence-corrected chi connectivity index (χ0v) is 12.4. The second-order valence-electron chi connectivity index (χ2n) is 3.93. The van der Waals surface area contributed by atoms with E-state index in [1.54, 1.807) is 24.3 Å². The summed E-state index contributed by atoms with van der Waals surface area (Å²) in [5.41, 5.74) is 8.47. The summed E-state index contributed by atoms with van der Waals surface area (Å²) in [5, 5.41) is 2.11. The summed E-state index contributed by atoms with van der Waals surface area (Å²) in [6.45, 7) is 1.88. The zero-order valence-electron chi connectivity index (χ0n) is 9.40. The van der Waals surface area contributed by atoms with Gasteiger partial charge >= 0.3 is 0 Å². The molecule has 0 bridgehead atoms. The minimum absolute atomic E-state index is 0.430. The lowest BCUT2D eigenvalue weighted by molar-refractivity contribution is 1.47. The lowest BCUT2D eigenvalue weighted by Crippen LogP contribution is -1.90. The van der Waals surface area contributed by atoms with Crippen LogP contribution in [0.25, 0.3) is 11.1 Å². The van der Waals surface area contributed by atoms with Gasteiger partial charge in [-0.05, 0) is 36.8 Å². The Morgan fingerprint density at radius 3 is 1.83 bits per heavy atom. The molecule has 2 rings (SSSR count). The van der Waals surface area contributed by atoms with Gasteiger partial charge in [0.1, 0.15) is 0 Å². The van der Waals surface area contributed by atoms with Crippen molar-refractivity contribution in [3.8, 4) is 11.1 Å². The first-order valence-electron chi connectivity index (χ1n) is 5.10. The van der Waals surface area contributed by atoms with Crippen molar-refractivity contribution in [2.24, 2.45) is 0 Å². The molecule has 0 saturated carbocycles. The molecule has 2 aromatic carbocycles. The van der Waals surface area contributed by atoms with E-state index in [-0.39, 0.29) is 0 Å². The molecule has 94 valence electrons. The minimum atomic E-state index is 0.430. The van der Waals surface area contributed by atoms with E-state index in [9.17, 15) is 0 Å². The largest absolute Gasteiger partial charge is 0.397 e. The van der Waals surface area contributed by atoms with Gasteiger partial charge in [0.25, 0.3) is 0 Å². The van der Waals surface area contributed by atoms with Crippen LogP contribution in [0, 0.1) is 6.92 Å². The van der Waals surface area contributed by atoms with Crippen LogP contribution in [0.3, 0.4) is 0 Å². The van der Waals surface area contributed by atoms with Crippen LogP contribution < -0.4 is 5.73 Å². The summed E-state index contributed by atoms with van der Waals surface area (Å²) in [4.78, 5) is 0. The Morgan fingerprint density at radius 1 is 0.722 bits per heavy atom. The highest BCUT2D eigenvalue weighted by atomic mass is 35.5. The van der Waals surface area contributed by atoms with Gasteiger partial charge in [0, 0.05) is 21.2 Å². The van der Waals surface area contributed by atoms with Crippen molar-refractivity contribution in [3.63, 3.8) is 0 Å². The normalized spacial score (nSPS) is 10.7. The number of nitrogen functional groups attached to an aromatic ring is 1. The van der Waals surface area contributed by atoms with Gasteiger partial charge in [0.15, 0.2) is 0 Å². The molecular weight excluding hydrogens is 312 g/mol. The monoisotopic (exact) mass is 319 g/mol. The van der Waals surface area contributed by atoms with Gasteiger partial charge in [-0.1, -0.05) is 46.4 Å². The Labute approximate surface area is 125 Å². The molecule has 0 radical (unpaired) electrons. The second-order valence-corrected chi connectivity index (χ2v) is 5.56. The van der Waals surface area contributed by atoms with E-state index in [0.717, 1.165) is 11.1 Å². The van der Waals surface area contributed by atoms with E-state index in [2.05, 4.69) is 0 Å². The summed E-state index contributed by atoms with van der Waals surface area (Å²) < 4.78 is 0. The molecule has 1 nitrogen and oxygen atoms in total. The van der Waals surface area contributed by atoms with Gasteiger partial charge in [-0.3, -0.25) is 0 Å². The van der Waals surface area contributed by atoms with Crippen LogP contribution in [-0.4, -0.2) is 0 Å². The van der Waals surface area contributed by atoms with Crippen molar-refractivity contribution in [3.05, 3.63) is 49.9 Å². The number of benzene rings is 2. The maximum absolute atomic E-state index is 6.21. The standard InChI is InChI=1S/C13H9Cl4N/c1-6-2-10(15)7(3-9(6)14)8-4-12(17)13(18)5-11(8)16/h2-5H,18H2,1H3. The number of anilines is 1. The Balaban J connectivity index is 2.69. The molecule has 0 atom stereocenters. The smallest absolute Gasteiger partial charge is 0.0642 e. The van der Waals surface area contributed by atoms with E-state index in [4.69, 9.17) is 52.1 Å². The van der Waals surface area contributed by atoms with Crippen LogP contribution in [0.2, 0.25) is 20.1 Å². The number of hydrogen-bond donors (Lipinski definition) is 1. The molecular formula is C13H9Cl4N. The third-order valence-corrected chi connectivity index (χ3v) is 3.98. The SMILES string of the molecule is Cc1cc(Cl)c(-c2cc(Cl)c(N)cc2Cl)cc1Cl. The van der Waals surface area contributed by atoms with Gasteiger partial charge in [-0.2, -0.15) is 0 Å². The molecule has 0 aliphatic heterocycles. The molecule has 2 aromatic rings. The quantitative estimate of drug-likeness (QED) is 0.654. The molecule has 0 unspecified atom stereocenters. The van der Waals surface area contributed by atoms with Crippen LogP contribution in [0.15, 0.2) is 24.3 Å². The van der Waals surface area contributed by atoms with Crippen molar-refractivity contribution >= 4 is 52.1 Å². The highest BCUT2D eigenvalue weighted by Gasteiger charge is 2.12. The van der Waals surface area contributed by atoms with E-state index < -0.39 is 0 Å². The van der Waals surface area contributed by atoms with Crippen LogP contribution >= 0.6 is 46.4 Å². The molecule has 0 spiro atoms. The molecule has 0 fully saturated rings. The fourth-order valence-electron chi connectivity index (χ4n) is 1.62. The lowest BCUT2D eigenvalue weighted by atomic mass is 10.0. The van der Waals surface area contributed by atoms with Crippen molar-refractivity contribution < 1.29 is 0 Å². The number of rotatable bonds is 1. The minimum Gasteiger partial charge on any atom is -0.397 e. The molecule has 0 saturated heterocycles. The first-order chi connectivity index (χ1) is 8.40. The Hall–Kier alpha value is -0.600. The molecule has 0 amide bonds. The third kappa shape index (κ3) is 2.55. The van der Waals surface area contributed by atoms with Gasteiger partial charge in [0.05, 0.1) is 15.7 Å². The lowest BCUT2D eigenvalue weighted by Gasteiger charge is -2.11. The first kappa shape index (κ1) is 13.8. The topological polar surface area (TPSA) is 26.0 Å². The molecule has 5 heteroatoms. The maximum Gasteiger partial charge on any atom is 0.0642 e. The molecule has 2 N–H and O–H groups in total. The highest BCUT2D eigenvalue weighted by molar-refractivity contribution is 6.39. The van der Waals surface area contributed by atoms with Gasteiger partial charge in [0.2, 0.25) is 0 Å².